The fourth-order valence-corrected chi connectivity index (χ4v) is 3.13. The number of nitrogens with zero attached hydrogens (tertiary/aromatic N) is 2. The Labute approximate surface area is 159 Å². The summed E-state index contributed by atoms with van der Waals surface area (Å²) in [5.41, 5.74) is 4.20. The Balaban J connectivity index is 1.59. The molecule has 3 aromatic rings. The SMILES string of the molecule is COc1cccc(/C=N/NC(=O)Cc2csc(-c3ccc(F)cc3)n2)c1O. The first-order valence-corrected chi connectivity index (χ1v) is 8.83. The van der Waals surface area contributed by atoms with Gasteiger partial charge in [0.1, 0.15) is 10.8 Å². The first-order valence-electron chi connectivity index (χ1n) is 7.95. The second-order valence-electron chi connectivity index (χ2n) is 5.52. The van der Waals surface area contributed by atoms with Crippen LogP contribution in [-0.2, 0) is 11.2 Å². The molecule has 8 heteroatoms. The molecule has 0 saturated heterocycles. The predicted octanol–water partition coefficient (Wildman–Crippen LogP) is 3.36. The van der Waals surface area contributed by atoms with E-state index in [2.05, 4.69) is 15.5 Å². The number of phenols is 1. The largest absolute Gasteiger partial charge is 0.504 e. The van der Waals surface area contributed by atoms with E-state index in [0.29, 0.717) is 22.0 Å². The molecule has 0 saturated carbocycles. The average molecular weight is 385 g/mol. The number of hydrogen-bond donors (Lipinski definition) is 2. The Morgan fingerprint density at radius 2 is 2.11 bits per heavy atom. The number of benzene rings is 2. The fraction of sp³-hybridized carbons (Fsp3) is 0.105. The van der Waals surface area contributed by atoms with E-state index in [4.69, 9.17) is 4.74 Å². The summed E-state index contributed by atoms with van der Waals surface area (Å²) in [6, 6.07) is 11.0. The van der Waals surface area contributed by atoms with E-state index in [9.17, 15) is 14.3 Å². The molecule has 6 nitrogen and oxygen atoms in total. The molecule has 0 radical (unpaired) electrons. The molecule has 0 aliphatic carbocycles. The van der Waals surface area contributed by atoms with Gasteiger partial charge in [-0.05, 0) is 36.4 Å². The normalized spacial score (nSPS) is 10.9. The van der Waals surface area contributed by atoms with Crippen LogP contribution in [0.25, 0.3) is 10.6 Å². The van der Waals surface area contributed by atoms with E-state index in [0.717, 1.165) is 5.56 Å². The third kappa shape index (κ3) is 4.68. The van der Waals surface area contributed by atoms with Gasteiger partial charge < -0.3 is 9.84 Å². The van der Waals surface area contributed by atoms with Gasteiger partial charge in [-0.3, -0.25) is 4.79 Å². The van der Waals surface area contributed by atoms with E-state index in [1.54, 1.807) is 35.7 Å². The first-order chi connectivity index (χ1) is 13.1. The van der Waals surface area contributed by atoms with Gasteiger partial charge in [-0.1, -0.05) is 6.07 Å². The van der Waals surface area contributed by atoms with Crippen molar-refractivity contribution in [3.05, 3.63) is 64.9 Å². The van der Waals surface area contributed by atoms with Crippen molar-refractivity contribution >= 4 is 23.5 Å². The summed E-state index contributed by atoms with van der Waals surface area (Å²) in [5, 5.41) is 16.3. The smallest absolute Gasteiger partial charge is 0.246 e. The molecule has 3 rings (SSSR count). The van der Waals surface area contributed by atoms with Crippen molar-refractivity contribution in [3.63, 3.8) is 0 Å². The molecule has 0 aliphatic rings. The van der Waals surface area contributed by atoms with Gasteiger partial charge in [-0.15, -0.1) is 11.3 Å². The van der Waals surface area contributed by atoms with Crippen LogP contribution in [0.3, 0.4) is 0 Å². The highest BCUT2D eigenvalue weighted by Crippen LogP contribution is 2.28. The number of methoxy groups -OCH3 is 1. The number of hydrogen-bond acceptors (Lipinski definition) is 6. The molecule has 0 aliphatic heterocycles. The van der Waals surface area contributed by atoms with Gasteiger partial charge in [0.15, 0.2) is 11.5 Å². The zero-order valence-corrected chi connectivity index (χ0v) is 15.2. The lowest BCUT2D eigenvalue weighted by Gasteiger charge is -2.04. The number of hydrazone groups is 1. The molecule has 1 amide bonds. The highest BCUT2D eigenvalue weighted by molar-refractivity contribution is 7.13. The maximum absolute atomic E-state index is 13.0. The summed E-state index contributed by atoms with van der Waals surface area (Å²) < 4.78 is 18.0. The summed E-state index contributed by atoms with van der Waals surface area (Å²) in [5.74, 6) is -0.387. The molecule has 27 heavy (non-hydrogen) atoms. The number of amides is 1. The van der Waals surface area contributed by atoms with Crippen molar-refractivity contribution in [1.29, 1.82) is 0 Å². The molecule has 138 valence electrons. The number of ether oxygens (including phenoxy) is 1. The molecule has 0 unspecified atom stereocenters. The number of halogens is 1. The number of carbonyl (C=O) groups excluding carboxylic acids is 1. The third-order valence-electron chi connectivity index (χ3n) is 3.63. The highest BCUT2D eigenvalue weighted by Gasteiger charge is 2.09. The second kappa shape index (κ2) is 8.41. The van der Waals surface area contributed by atoms with Crippen molar-refractivity contribution < 1.29 is 19.0 Å². The molecule has 0 spiro atoms. The lowest BCUT2D eigenvalue weighted by molar-refractivity contribution is -0.120. The highest BCUT2D eigenvalue weighted by atomic mass is 32.1. The number of nitrogens with one attached hydrogen (secondary N) is 1. The summed E-state index contributed by atoms with van der Waals surface area (Å²) in [4.78, 5) is 16.4. The van der Waals surface area contributed by atoms with E-state index in [-0.39, 0.29) is 23.9 Å². The van der Waals surface area contributed by atoms with Gasteiger partial charge in [0.25, 0.3) is 0 Å². The Morgan fingerprint density at radius 1 is 1.33 bits per heavy atom. The molecular weight excluding hydrogens is 369 g/mol. The van der Waals surface area contributed by atoms with Gasteiger partial charge in [0.05, 0.1) is 25.4 Å². The minimum atomic E-state index is -0.343. The van der Waals surface area contributed by atoms with Crippen LogP contribution in [0.1, 0.15) is 11.3 Å². The molecular formula is C19H16FN3O3S. The van der Waals surface area contributed by atoms with Crippen molar-refractivity contribution in [2.24, 2.45) is 5.10 Å². The van der Waals surface area contributed by atoms with Crippen molar-refractivity contribution in [2.45, 2.75) is 6.42 Å². The standard InChI is InChI=1S/C19H16FN3O3S/c1-26-16-4-2-3-13(18(16)25)10-21-23-17(24)9-15-11-27-19(22-15)12-5-7-14(20)8-6-12/h2-8,10-11,25H,9H2,1H3,(H,23,24)/b21-10+. The number of para-hydroxylation sites is 1. The summed E-state index contributed by atoms with van der Waals surface area (Å²) >= 11 is 1.38. The number of carbonyl (C=O) groups is 1. The Morgan fingerprint density at radius 3 is 2.85 bits per heavy atom. The van der Waals surface area contributed by atoms with E-state index in [1.807, 2.05) is 0 Å². The van der Waals surface area contributed by atoms with Crippen molar-refractivity contribution in [2.75, 3.05) is 7.11 Å². The maximum Gasteiger partial charge on any atom is 0.246 e. The van der Waals surface area contributed by atoms with Gasteiger partial charge in [-0.2, -0.15) is 5.10 Å². The van der Waals surface area contributed by atoms with E-state index < -0.39 is 0 Å². The van der Waals surface area contributed by atoms with Crippen LogP contribution >= 0.6 is 11.3 Å². The number of aromatic nitrogens is 1. The summed E-state index contributed by atoms with van der Waals surface area (Å²) in [6.45, 7) is 0. The molecule has 1 aromatic heterocycles. The second-order valence-corrected chi connectivity index (χ2v) is 6.38. The minimum Gasteiger partial charge on any atom is -0.504 e. The maximum atomic E-state index is 13.0. The number of aromatic hydroxyl groups is 1. The molecule has 1 heterocycles. The molecule has 0 atom stereocenters. The van der Waals surface area contributed by atoms with Crippen LogP contribution in [0.2, 0.25) is 0 Å². The Hall–Kier alpha value is -3.26. The summed E-state index contributed by atoms with van der Waals surface area (Å²) in [7, 11) is 1.45. The van der Waals surface area contributed by atoms with Gasteiger partial charge >= 0.3 is 0 Å². The molecule has 0 fully saturated rings. The first kappa shape index (κ1) is 18.5. The summed E-state index contributed by atoms with van der Waals surface area (Å²) in [6.07, 6.45) is 1.39. The Bertz CT molecular complexity index is 971. The topological polar surface area (TPSA) is 83.8 Å². The van der Waals surface area contributed by atoms with Gasteiger partial charge in [-0.25, -0.2) is 14.8 Å². The number of thiazole rings is 1. The number of phenolic OH excluding ortho intramolecular Hbond substituents is 1. The predicted molar refractivity (Wildman–Crippen MR) is 102 cm³/mol. The van der Waals surface area contributed by atoms with Crippen LogP contribution in [-0.4, -0.2) is 29.3 Å². The van der Waals surface area contributed by atoms with Crippen LogP contribution < -0.4 is 10.2 Å². The lowest BCUT2D eigenvalue weighted by atomic mass is 10.2. The van der Waals surface area contributed by atoms with Gasteiger partial charge in [0, 0.05) is 16.5 Å². The van der Waals surface area contributed by atoms with Crippen molar-refractivity contribution in [1.82, 2.24) is 10.4 Å². The lowest BCUT2D eigenvalue weighted by Crippen LogP contribution is -2.19. The molecule has 2 N–H and O–H groups in total. The fourth-order valence-electron chi connectivity index (χ4n) is 2.30. The monoisotopic (exact) mass is 385 g/mol. The average Bonchev–Trinajstić information content (AvgIpc) is 3.12. The quantitative estimate of drug-likeness (QED) is 0.503. The van der Waals surface area contributed by atoms with Gasteiger partial charge in [0.2, 0.25) is 5.91 Å². The third-order valence-corrected chi connectivity index (χ3v) is 4.57. The number of rotatable bonds is 6. The Kier molecular flexibility index (Phi) is 5.77. The molecule has 0 bridgehead atoms. The molecule has 2 aromatic carbocycles. The zero-order chi connectivity index (χ0) is 19.2. The van der Waals surface area contributed by atoms with Crippen LogP contribution in [0, 0.1) is 5.82 Å². The zero-order valence-electron chi connectivity index (χ0n) is 14.3. The van der Waals surface area contributed by atoms with E-state index in [1.165, 1.54) is 36.8 Å². The minimum absolute atomic E-state index is 0.0542. The van der Waals surface area contributed by atoms with Crippen molar-refractivity contribution in [3.8, 4) is 22.1 Å². The van der Waals surface area contributed by atoms with Crippen LogP contribution in [0.5, 0.6) is 11.5 Å². The van der Waals surface area contributed by atoms with Crippen LogP contribution in [0.4, 0.5) is 4.39 Å². The van der Waals surface area contributed by atoms with Crippen LogP contribution in [0.15, 0.2) is 52.9 Å². The van der Waals surface area contributed by atoms with E-state index >= 15 is 0 Å².